The largest absolute Gasteiger partial charge is 0.448 e. The molecule has 3 rings (SSSR count). The topological polar surface area (TPSA) is 65.7 Å². The Morgan fingerprint density at radius 1 is 1.35 bits per heavy atom. The van der Waals surface area contributed by atoms with Gasteiger partial charge in [-0.2, -0.15) is 0 Å². The zero-order valence-corrected chi connectivity index (χ0v) is 9.62. The summed E-state index contributed by atoms with van der Waals surface area (Å²) in [5, 5.41) is 0. The van der Waals surface area contributed by atoms with Crippen LogP contribution in [0, 0.1) is 5.41 Å². The number of hydrogen-bond donors (Lipinski definition) is 0. The van der Waals surface area contributed by atoms with Crippen LogP contribution in [0.15, 0.2) is 10.5 Å². The van der Waals surface area contributed by atoms with Crippen molar-refractivity contribution in [3.8, 4) is 11.5 Å². The van der Waals surface area contributed by atoms with E-state index < -0.39 is 17.4 Å². The highest BCUT2D eigenvalue weighted by molar-refractivity contribution is 6.10. The number of carbonyl (C=O) groups is 2. The second-order valence-electron chi connectivity index (χ2n) is 5.04. The van der Waals surface area contributed by atoms with Crippen molar-refractivity contribution < 1.29 is 23.5 Å². The summed E-state index contributed by atoms with van der Waals surface area (Å²) in [4.78, 5) is 23.1. The van der Waals surface area contributed by atoms with Crippen molar-refractivity contribution in [2.24, 2.45) is 5.41 Å². The van der Waals surface area contributed by atoms with Gasteiger partial charge >= 0.3 is 11.9 Å². The van der Waals surface area contributed by atoms with Crippen molar-refractivity contribution in [1.82, 2.24) is 0 Å². The van der Waals surface area contributed by atoms with E-state index in [2.05, 4.69) is 0 Å². The van der Waals surface area contributed by atoms with Crippen LogP contribution in [0.5, 0.6) is 11.5 Å². The smallest absolute Gasteiger partial charge is 0.347 e. The molecule has 2 aromatic rings. The molecule has 0 radical (unpaired) electrons. The molecule has 0 aromatic carbocycles. The first-order chi connectivity index (χ1) is 7.88. The minimum absolute atomic E-state index is 0.203. The molecule has 0 atom stereocenters. The van der Waals surface area contributed by atoms with Crippen molar-refractivity contribution >= 4 is 23.1 Å². The predicted octanol–water partition coefficient (Wildman–Crippen LogP) is 2.35. The van der Waals surface area contributed by atoms with Crippen molar-refractivity contribution in [3.05, 3.63) is 11.6 Å². The molecule has 2 aromatic heterocycles. The maximum atomic E-state index is 11.8. The Morgan fingerprint density at radius 3 is 2.71 bits per heavy atom. The second kappa shape index (κ2) is 2.80. The molecule has 3 heterocycles. The second-order valence-corrected chi connectivity index (χ2v) is 5.04. The van der Waals surface area contributed by atoms with Gasteiger partial charge in [-0.1, -0.05) is 0 Å². The van der Waals surface area contributed by atoms with E-state index in [1.54, 1.807) is 20.8 Å². The van der Waals surface area contributed by atoms with Gasteiger partial charge in [-0.05, 0) is 20.8 Å². The molecule has 1 aliphatic heterocycles. The normalized spacial score (nSPS) is 14.4. The highest BCUT2D eigenvalue weighted by Gasteiger charge is 2.38. The Bertz CT molecular complexity index is 629. The third kappa shape index (κ3) is 1.25. The molecule has 5 nitrogen and oxygen atoms in total. The monoisotopic (exact) mass is 234 g/mol. The first kappa shape index (κ1) is 10.1. The molecule has 0 aliphatic carbocycles. The Morgan fingerprint density at radius 2 is 2.06 bits per heavy atom. The van der Waals surface area contributed by atoms with Crippen LogP contribution in [0.25, 0.3) is 11.2 Å². The van der Waals surface area contributed by atoms with Gasteiger partial charge in [0.25, 0.3) is 0 Å². The van der Waals surface area contributed by atoms with Crippen LogP contribution in [-0.4, -0.2) is 11.9 Å². The Balaban J connectivity index is 2.00. The number of furan rings is 2. The molecule has 17 heavy (non-hydrogen) atoms. The number of hydrogen-bond acceptors (Lipinski definition) is 5. The fraction of sp³-hybridized carbons (Fsp3) is 0.333. The van der Waals surface area contributed by atoms with Crippen molar-refractivity contribution in [2.75, 3.05) is 0 Å². The van der Waals surface area contributed by atoms with E-state index >= 15 is 0 Å². The number of ether oxygens (including phenoxy) is 2. The van der Waals surface area contributed by atoms with E-state index in [1.165, 1.54) is 6.07 Å². The van der Waals surface area contributed by atoms with Crippen LogP contribution in [0.1, 0.15) is 31.1 Å². The average Bonchev–Trinajstić information content (AvgIpc) is 2.80. The number of esters is 2. The highest BCUT2D eigenvalue weighted by atomic mass is 16.6. The standard InChI is InChI=1S/C12H10O5/c1-12(2,3)11(14)17-8-6-4-5-7(15-6)9(8)16-10(5)13/h4H,1-3H3. The van der Waals surface area contributed by atoms with Crippen LogP contribution in [0.4, 0.5) is 0 Å². The van der Waals surface area contributed by atoms with E-state index in [0.717, 1.165) is 0 Å². The molecular formula is C12H10O5. The lowest BCUT2D eigenvalue weighted by molar-refractivity contribution is -0.143. The van der Waals surface area contributed by atoms with E-state index in [-0.39, 0.29) is 11.5 Å². The fourth-order valence-corrected chi connectivity index (χ4v) is 1.62. The van der Waals surface area contributed by atoms with Gasteiger partial charge < -0.3 is 13.9 Å². The molecule has 88 valence electrons. The van der Waals surface area contributed by atoms with Crippen molar-refractivity contribution in [3.63, 3.8) is 0 Å². The quantitative estimate of drug-likeness (QED) is 0.559. The number of rotatable bonds is 1. The average molecular weight is 234 g/mol. The number of carbonyl (C=O) groups excluding carboxylic acids is 2. The minimum Gasteiger partial charge on any atom is -0.448 e. The van der Waals surface area contributed by atoms with Crippen LogP contribution in [0.3, 0.4) is 0 Å². The Hall–Kier alpha value is -2.04. The van der Waals surface area contributed by atoms with Crippen LogP contribution < -0.4 is 9.47 Å². The van der Waals surface area contributed by atoms with Crippen molar-refractivity contribution in [2.45, 2.75) is 20.8 Å². The molecule has 0 saturated heterocycles. The van der Waals surface area contributed by atoms with Gasteiger partial charge in [-0.25, -0.2) is 4.79 Å². The Kier molecular flexibility index (Phi) is 1.67. The molecule has 0 fully saturated rings. The molecule has 0 spiro atoms. The molecule has 0 amide bonds. The van der Waals surface area contributed by atoms with E-state index in [4.69, 9.17) is 13.9 Å². The van der Waals surface area contributed by atoms with Gasteiger partial charge in [-0.15, -0.1) is 0 Å². The lowest BCUT2D eigenvalue weighted by Gasteiger charge is -2.15. The van der Waals surface area contributed by atoms with Crippen molar-refractivity contribution in [1.29, 1.82) is 0 Å². The maximum Gasteiger partial charge on any atom is 0.347 e. The van der Waals surface area contributed by atoms with E-state index in [0.29, 0.717) is 16.7 Å². The lowest BCUT2D eigenvalue weighted by Crippen LogP contribution is -2.25. The summed E-state index contributed by atoms with van der Waals surface area (Å²) in [7, 11) is 0. The first-order valence-corrected chi connectivity index (χ1v) is 5.21. The zero-order chi connectivity index (χ0) is 12.4. The van der Waals surface area contributed by atoms with Crippen LogP contribution in [0.2, 0.25) is 0 Å². The molecule has 1 aliphatic rings. The summed E-state index contributed by atoms with van der Waals surface area (Å²) < 4.78 is 15.5. The molecule has 0 N–H and O–H groups in total. The van der Waals surface area contributed by atoms with Gasteiger partial charge in [0.15, 0.2) is 11.2 Å². The molecule has 5 heteroatoms. The summed E-state index contributed by atoms with van der Waals surface area (Å²) >= 11 is 0. The predicted molar refractivity (Wildman–Crippen MR) is 57.4 cm³/mol. The third-order valence-electron chi connectivity index (χ3n) is 2.59. The van der Waals surface area contributed by atoms with Gasteiger partial charge in [0.05, 0.1) is 5.41 Å². The van der Waals surface area contributed by atoms with E-state index in [9.17, 15) is 9.59 Å². The first-order valence-electron chi connectivity index (χ1n) is 5.21. The maximum absolute atomic E-state index is 11.8. The highest BCUT2D eigenvalue weighted by Crippen LogP contribution is 2.49. The summed E-state index contributed by atoms with van der Waals surface area (Å²) in [6.45, 7) is 5.23. The summed E-state index contributed by atoms with van der Waals surface area (Å²) in [6.07, 6.45) is 0. The third-order valence-corrected chi connectivity index (χ3v) is 2.59. The zero-order valence-electron chi connectivity index (χ0n) is 9.62. The Labute approximate surface area is 96.6 Å². The van der Waals surface area contributed by atoms with Gasteiger partial charge in [0.1, 0.15) is 5.56 Å². The van der Waals surface area contributed by atoms with Gasteiger partial charge in [0.2, 0.25) is 11.5 Å². The molecule has 2 bridgehead atoms. The number of fused-ring (bicyclic) bond motifs is 1. The number of benzene rings is 1. The molecule has 0 unspecified atom stereocenters. The molecular weight excluding hydrogens is 224 g/mol. The summed E-state index contributed by atoms with van der Waals surface area (Å²) in [6, 6.07) is 1.53. The van der Waals surface area contributed by atoms with Gasteiger partial charge in [-0.3, -0.25) is 4.79 Å². The van der Waals surface area contributed by atoms with Crippen LogP contribution in [-0.2, 0) is 4.79 Å². The summed E-state index contributed by atoms with van der Waals surface area (Å²) in [5.74, 6) is -0.441. The van der Waals surface area contributed by atoms with Gasteiger partial charge in [0, 0.05) is 6.07 Å². The van der Waals surface area contributed by atoms with Crippen LogP contribution >= 0.6 is 0 Å². The van der Waals surface area contributed by atoms with E-state index in [1.807, 2.05) is 0 Å². The fourth-order valence-electron chi connectivity index (χ4n) is 1.62. The molecule has 0 saturated carbocycles. The SMILES string of the molecule is CC(C)(C)C(=O)Oc1c2c3oc1cc3C(=O)O2. The summed E-state index contributed by atoms with van der Waals surface area (Å²) in [5.41, 5.74) is 0.496. The lowest BCUT2D eigenvalue weighted by atomic mass is 9.97. The minimum atomic E-state index is -0.629.